The molecule has 0 saturated carbocycles. The zero-order valence-electron chi connectivity index (χ0n) is 13.8. The standard InChI is InChI=1S/C20H16O6/c21-20(8-5-15-4-7-17-19(11-15)26-13-24-17)22-9-1-2-14-3-6-16-18(10-14)25-12-23-16/h1-8,10-11H,9,12-13H2/b2-1+,8-5-. The number of carbonyl (C=O) groups excluding carboxylic acids is 1. The summed E-state index contributed by atoms with van der Waals surface area (Å²) in [6.07, 6.45) is 6.68. The zero-order valence-corrected chi connectivity index (χ0v) is 13.8. The first-order valence-corrected chi connectivity index (χ1v) is 8.09. The average Bonchev–Trinajstić information content (AvgIpc) is 3.31. The first-order chi connectivity index (χ1) is 12.8. The lowest BCUT2D eigenvalue weighted by Crippen LogP contribution is -1.99. The minimum Gasteiger partial charge on any atom is -0.458 e. The van der Waals surface area contributed by atoms with Gasteiger partial charge in [0, 0.05) is 6.08 Å². The van der Waals surface area contributed by atoms with Crippen molar-refractivity contribution in [1.29, 1.82) is 0 Å². The number of hydrogen-bond acceptors (Lipinski definition) is 6. The van der Waals surface area contributed by atoms with Crippen LogP contribution in [-0.4, -0.2) is 26.2 Å². The molecule has 0 amide bonds. The van der Waals surface area contributed by atoms with Crippen molar-refractivity contribution < 1.29 is 28.5 Å². The van der Waals surface area contributed by atoms with Gasteiger partial charge in [-0.1, -0.05) is 18.2 Å². The Hall–Kier alpha value is -3.41. The maximum Gasteiger partial charge on any atom is 0.331 e. The van der Waals surface area contributed by atoms with E-state index in [9.17, 15) is 4.79 Å². The largest absolute Gasteiger partial charge is 0.458 e. The normalized spacial score (nSPS) is 14.3. The summed E-state index contributed by atoms with van der Waals surface area (Å²) < 4.78 is 26.3. The third kappa shape index (κ3) is 3.64. The SMILES string of the molecule is O=C(/C=C\c1ccc2c(c1)OCO2)OC/C=C/c1ccc2c(c1)OCO2. The Morgan fingerprint density at radius 1 is 0.846 bits per heavy atom. The Bertz CT molecular complexity index is 884. The number of ether oxygens (including phenoxy) is 5. The minimum absolute atomic E-state index is 0.179. The highest BCUT2D eigenvalue weighted by molar-refractivity contribution is 5.87. The molecule has 6 heteroatoms. The number of benzene rings is 2. The first-order valence-electron chi connectivity index (χ1n) is 8.09. The van der Waals surface area contributed by atoms with E-state index in [0.29, 0.717) is 11.5 Å². The monoisotopic (exact) mass is 352 g/mol. The van der Waals surface area contributed by atoms with Gasteiger partial charge in [-0.25, -0.2) is 4.79 Å². The van der Waals surface area contributed by atoms with Crippen LogP contribution in [0.4, 0.5) is 0 Å². The Morgan fingerprint density at radius 3 is 2.08 bits per heavy atom. The van der Waals surface area contributed by atoms with Gasteiger partial charge in [-0.3, -0.25) is 0 Å². The summed E-state index contributed by atoms with van der Waals surface area (Å²) in [5.74, 6) is 2.42. The van der Waals surface area contributed by atoms with Crippen LogP contribution in [0.25, 0.3) is 12.2 Å². The van der Waals surface area contributed by atoms with Gasteiger partial charge in [-0.15, -0.1) is 0 Å². The van der Waals surface area contributed by atoms with Crippen LogP contribution in [0.2, 0.25) is 0 Å². The maximum atomic E-state index is 11.8. The van der Waals surface area contributed by atoms with Gasteiger partial charge in [0.2, 0.25) is 13.6 Å². The highest BCUT2D eigenvalue weighted by Gasteiger charge is 2.13. The number of esters is 1. The van der Waals surface area contributed by atoms with E-state index in [0.717, 1.165) is 22.6 Å². The van der Waals surface area contributed by atoms with Gasteiger partial charge < -0.3 is 23.7 Å². The highest BCUT2D eigenvalue weighted by atomic mass is 16.7. The fourth-order valence-corrected chi connectivity index (χ4v) is 2.56. The molecule has 0 N–H and O–H groups in total. The second-order valence-electron chi connectivity index (χ2n) is 5.59. The van der Waals surface area contributed by atoms with Crippen molar-refractivity contribution in [2.24, 2.45) is 0 Å². The highest BCUT2D eigenvalue weighted by Crippen LogP contribution is 2.33. The molecule has 6 nitrogen and oxygen atoms in total. The zero-order chi connectivity index (χ0) is 17.8. The number of hydrogen-bond donors (Lipinski definition) is 0. The third-order valence-electron chi connectivity index (χ3n) is 3.84. The summed E-state index contributed by atoms with van der Waals surface area (Å²) in [6.45, 7) is 0.648. The van der Waals surface area contributed by atoms with Crippen LogP contribution in [0.3, 0.4) is 0 Å². The van der Waals surface area contributed by atoms with Crippen molar-refractivity contribution in [3.05, 3.63) is 59.7 Å². The predicted molar refractivity (Wildman–Crippen MR) is 94.2 cm³/mol. The molecule has 2 aromatic rings. The fourth-order valence-electron chi connectivity index (χ4n) is 2.56. The Labute approximate surface area is 150 Å². The van der Waals surface area contributed by atoms with Gasteiger partial charge in [0.1, 0.15) is 6.61 Å². The van der Waals surface area contributed by atoms with E-state index in [1.807, 2.05) is 36.4 Å². The van der Waals surface area contributed by atoms with E-state index in [1.165, 1.54) is 6.08 Å². The molecular formula is C20H16O6. The van der Waals surface area contributed by atoms with Gasteiger partial charge in [0.15, 0.2) is 23.0 Å². The summed E-state index contributed by atoms with van der Waals surface area (Å²) in [7, 11) is 0. The quantitative estimate of drug-likeness (QED) is 0.607. The van der Waals surface area contributed by atoms with Crippen molar-refractivity contribution in [2.75, 3.05) is 20.2 Å². The molecule has 132 valence electrons. The molecule has 26 heavy (non-hydrogen) atoms. The van der Waals surface area contributed by atoms with E-state index in [2.05, 4.69) is 0 Å². The molecule has 0 aliphatic carbocycles. The maximum absolute atomic E-state index is 11.8. The lowest BCUT2D eigenvalue weighted by atomic mass is 10.2. The summed E-state index contributed by atoms with van der Waals surface area (Å²) in [4.78, 5) is 11.8. The Kier molecular flexibility index (Phi) is 4.47. The van der Waals surface area contributed by atoms with Crippen molar-refractivity contribution in [3.63, 3.8) is 0 Å². The number of rotatable bonds is 5. The lowest BCUT2D eigenvalue weighted by molar-refractivity contribution is -0.136. The van der Waals surface area contributed by atoms with E-state index < -0.39 is 5.97 Å². The molecular weight excluding hydrogens is 336 g/mol. The van der Waals surface area contributed by atoms with Crippen LogP contribution in [0.15, 0.2) is 48.6 Å². The van der Waals surface area contributed by atoms with Crippen LogP contribution in [0.5, 0.6) is 23.0 Å². The van der Waals surface area contributed by atoms with Gasteiger partial charge in [-0.05, 0) is 47.5 Å². The molecule has 0 spiro atoms. The van der Waals surface area contributed by atoms with Crippen molar-refractivity contribution in [1.82, 2.24) is 0 Å². The number of fused-ring (bicyclic) bond motifs is 2. The number of carbonyl (C=O) groups is 1. The molecule has 0 unspecified atom stereocenters. The smallest absolute Gasteiger partial charge is 0.331 e. The molecule has 0 fully saturated rings. The molecule has 2 aliphatic rings. The third-order valence-corrected chi connectivity index (χ3v) is 3.84. The van der Waals surface area contributed by atoms with Crippen LogP contribution in [0, 0.1) is 0 Å². The van der Waals surface area contributed by atoms with Crippen molar-refractivity contribution >= 4 is 18.1 Å². The van der Waals surface area contributed by atoms with Gasteiger partial charge >= 0.3 is 5.97 Å². The second-order valence-corrected chi connectivity index (χ2v) is 5.59. The van der Waals surface area contributed by atoms with Crippen LogP contribution in [0.1, 0.15) is 11.1 Å². The van der Waals surface area contributed by atoms with E-state index in [4.69, 9.17) is 23.7 Å². The van der Waals surface area contributed by atoms with Crippen LogP contribution in [-0.2, 0) is 9.53 Å². The molecule has 4 rings (SSSR count). The van der Waals surface area contributed by atoms with Gasteiger partial charge in [0.25, 0.3) is 0 Å². The summed E-state index contributed by atoms with van der Waals surface area (Å²) >= 11 is 0. The van der Waals surface area contributed by atoms with Gasteiger partial charge in [-0.2, -0.15) is 0 Å². The van der Waals surface area contributed by atoms with Crippen molar-refractivity contribution in [3.8, 4) is 23.0 Å². The first kappa shape index (κ1) is 16.1. The van der Waals surface area contributed by atoms with E-state index >= 15 is 0 Å². The molecule has 0 bridgehead atoms. The Balaban J connectivity index is 1.27. The van der Waals surface area contributed by atoms with E-state index in [-0.39, 0.29) is 20.2 Å². The Morgan fingerprint density at radius 2 is 1.42 bits per heavy atom. The van der Waals surface area contributed by atoms with Crippen molar-refractivity contribution in [2.45, 2.75) is 0 Å². The molecule has 2 aliphatic heterocycles. The summed E-state index contributed by atoms with van der Waals surface area (Å²) in [5, 5.41) is 0. The minimum atomic E-state index is -0.419. The molecule has 2 heterocycles. The topological polar surface area (TPSA) is 63.2 Å². The van der Waals surface area contributed by atoms with Gasteiger partial charge in [0.05, 0.1) is 0 Å². The average molecular weight is 352 g/mol. The summed E-state index contributed by atoms with van der Waals surface area (Å²) in [5.41, 5.74) is 1.78. The predicted octanol–water partition coefficient (Wildman–Crippen LogP) is 3.41. The molecule has 2 aromatic carbocycles. The van der Waals surface area contributed by atoms with Crippen LogP contribution >= 0.6 is 0 Å². The molecule has 0 atom stereocenters. The second kappa shape index (κ2) is 7.23. The summed E-state index contributed by atoms with van der Waals surface area (Å²) in [6, 6.07) is 11.1. The molecule has 0 saturated heterocycles. The molecule has 0 aromatic heterocycles. The fraction of sp³-hybridized carbons (Fsp3) is 0.150. The van der Waals surface area contributed by atoms with Crippen LogP contribution < -0.4 is 18.9 Å². The van der Waals surface area contributed by atoms with E-state index in [1.54, 1.807) is 18.2 Å². The lowest BCUT2D eigenvalue weighted by Gasteiger charge is -1.99. The molecule has 0 radical (unpaired) electrons.